The van der Waals surface area contributed by atoms with Crippen molar-refractivity contribution >= 4 is 33.7 Å². The lowest BCUT2D eigenvalue weighted by Gasteiger charge is -2.33. The first kappa shape index (κ1) is 54.4. The summed E-state index contributed by atoms with van der Waals surface area (Å²) in [5.74, 6) is 1.41. The van der Waals surface area contributed by atoms with Gasteiger partial charge in [0.1, 0.15) is 0 Å². The van der Waals surface area contributed by atoms with Crippen molar-refractivity contribution in [2.75, 3.05) is 130 Å². The molecule has 5 aliphatic rings. The number of ether oxygens (including phenoxy) is 2. The number of piperidine rings is 3. The number of alkyl halides is 1. The number of hydrogen-bond donors (Lipinski definition) is 5. The third-order valence-corrected chi connectivity index (χ3v) is 13.1. The second-order valence-corrected chi connectivity index (χ2v) is 18.0. The summed E-state index contributed by atoms with van der Waals surface area (Å²) in [6, 6.07) is 12.1. The molecule has 17 nitrogen and oxygen atoms in total. The highest BCUT2D eigenvalue weighted by Gasteiger charge is 2.26. The van der Waals surface area contributed by atoms with Gasteiger partial charge in [0, 0.05) is 111 Å². The average molecular weight is 977 g/mol. The summed E-state index contributed by atoms with van der Waals surface area (Å²) >= 11 is 3.14. The fourth-order valence-electron chi connectivity index (χ4n) is 8.39. The molecular formula is C47H78BrN9O8. The molecule has 0 atom stereocenters. The van der Waals surface area contributed by atoms with Gasteiger partial charge in [0.25, 0.3) is 0 Å². The van der Waals surface area contributed by atoms with E-state index in [-0.39, 0.29) is 45.0 Å². The Morgan fingerprint density at radius 3 is 1.29 bits per heavy atom. The minimum absolute atomic E-state index is 0. The predicted molar refractivity (Wildman–Crippen MR) is 254 cm³/mol. The van der Waals surface area contributed by atoms with E-state index in [2.05, 4.69) is 47.4 Å². The summed E-state index contributed by atoms with van der Waals surface area (Å²) in [6.45, 7) is 14.1. The first-order valence-electron chi connectivity index (χ1n) is 23.4. The van der Waals surface area contributed by atoms with Gasteiger partial charge in [-0.1, -0.05) is 35.5 Å². The van der Waals surface area contributed by atoms with E-state index < -0.39 is 0 Å². The number of likely N-dealkylation sites (tertiary alicyclic amines) is 3. The SMILES string of the molecule is C.O=C(CBr)N1CCC(CO)CC1.O=C(CN1CCOCCN(CC(=O)N2CCC(CO)CC2)Cc2cccc(n2)C1)N1CCC(CO)CC1.c1cc2nc(c1)CNCCOCCNC2. The number of hydrogen-bond acceptors (Lipinski definition) is 14. The molecule has 65 heavy (non-hydrogen) atoms. The van der Waals surface area contributed by atoms with E-state index in [1.807, 2.05) is 45.0 Å². The maximum Gasteiger partial charge on any atom is 0.236 e. The molecule has 18 heteroatoms. The fourth-order valence-corrected chi connectivity index (χ4v) is 8.75. The zero-order chi connectivity index (χ0) is 45.4. The number of aliphatic hydroxyl groups excluding tert-OH is 3. The zero-order valence-corrected chi connectivity index (χ0v) is 39.4. The number of aliphatic hydroxyl groups is 3. The van der Waals surface area contributed by atoms with E-state index in [4.69, 9.17) is 19.6 Å². The van der Waals surface area contributed by atoms with Crippen LogP contribution in [0.3, 0.4) is 0 Å². The molecule has 0 radical (unpaired) electrons. The Bertz CT molecular complexity index is 1570. The van der Waals surface area contributed by atoms with Crippen molar-refractivity contribution in [3.05, 3.63) is 59.2 Å². The van der Waals surface area contributed by atoms with E-state index in [0.717, 1.165) is 114 Å². The molecule has 0 aromatic carbocycles. The van der Waals surface area contributed by atoms with Crippen LogP contribution in [0.1, 0.15) is 68.7 Å². The molecule has 5 aliphatic heterocycles. The maximum absolute atomic E-state index is 13.0. The van der Waals surface area contributed by atoms with E-state index in [9.17, 15) is 24.6 Å². The van der Waals surface area contributed by atoms with Crippen molar-refractivity contribution < 1.29 is 39.2 Å². The smallest absolute Gasteiger partial charge is 0.236 e. The van der Waals surface area contributed by atoms with Crippen LogP contribution in [-0.4, -0.2) is 198 Å². The van der Waals surface area contributed by atoms with Crippen molar-refractivity contribution in [2.24, 2.45) is 17.8 Å². The normalized spacial score (nSPS) is 20.5. The number of fused-ring (bicyclic) bond motifs is 4. The van der Waals surface area contributed by atoms with Crippen LogP contribution < -0.4 is 10.6 Å². The molecule has 2 aromatic heterocycles. The molecule has 4 bridgehead atoms. The lowest BCUT2D eigenvalue weighted by molar-refractivity contribution is -0.134. The van der Waals surface area contributed by atoms with E-state index >= 15 is 0 Å². The van der Waals surface area contributed by atoms with E-state index in [1.54, 1.807) is 0 Å². The lowest BCUT2D eigenvalue weighted by Crippen LogP contribution is -2.46. The Balaban J connectivity index is 0.000000269. The zero-order valence-electron chi connectivity index (χ0n) is 37.8. The van der Waals surface area contributed by atoms with Crippen LogP contribution in [0.5, 0.6) is 0 Å². The monoisotopic (exact) mass is 976 g/mol. The summed E-state index contributed by atoms with van der Waals surface area (Å²) in [7, 11) is 0. The van der Waals surface area contributed by atoms with Crippen molar-refractivity contribution in [1.82, 2.24) is 45.1 Å². The molecule has 3 amide bonds. The van der Waals surface area contributed by atoms with Gasteiger partial charge >= 0.3 is 0 Å². The van der Waals surface area contributed by atoms with Crippen molar-refractivity contribution in [1.29, 1.82) is 0 Å². The highest BCUT2D eigenvalue weighted by molar-refractivity contribution is 9.09. The lowest BCUT2D eigenvalue weighted by atomic mass is 9.98. The van der Waals surface area contributed by atoms with Crippen molar-refractivity contribution in [3.63, 3.8) is 0 Å². The van der Waals surface area contributed by atoms with Gasteiger partial charge in [-0.05, 0) is 80.5 Å². The number of nitrogens with one attached hydrogen (secondary N) is 2. The minimum Gasteiger partial charge on any atom is -0.396 e. The van der Waals surface area contributed by atoms with Crippen molar-refractivity contribution in [3.8, 4) is 0 Å². The Labute approximate surface area is 395 Å². The molecule has 3 saturated heterocycles. The number of pyridine rings is 2. The van der Waals surface area contributed by atoms with Crippen LogP contribution in [0.4, 0.5) is 0 Å². The summed E-state index contributed by atoms with van der Waals surface area (Å²) in [4.78, 5) is 56.4. The number of carbonyl (C=O) groups excluding carboxylic acids is 3. The van der Waals surface area contributed by atoms with Crippen LogP contribution in [0, 0.1) is 17.8 Å². The summed E-state index contributed by atoms with van der Waals surface area (Å²) in [6.07, 6.45) is 5.30. The Morgan fingerprint density at radius 1 is 0.554 bits per heavy atom. The van der Waals surface area contributed by atoms with Gasteiger partial charge in [-0.15, -0.1) is 0 Å². The largest absolute Gasteiger partial charge is 0.396 e. The fraction of sp³-hybridized carbons (Fsp3) is 0.723. The topological polar surface area (TPSA) is 196 Å². The Hall–Kier alpha value is -3.17. The quantitative estimate of drug-likeness (QED) is 0.240. The van der Waals surface area contributed by atoms with E-state index in [1.165, 1.54) is 0 Å². The third-order valence-electron chi connectivity index (χ3n) is 12.6. The number of rotatable bonds is 8. The third kappa shape index (κ3) is 19.9. The molecule has 0 saturated carbocycles. The maximum atomic E-state index is 13.0. The van der Waals surface area contributed by atoms with Gasteiger partial charge in [0.15, 0.2) is 0 Å². The van der Waals surface area contributed by atoms with Crippen LogP contribution in [0.25, 0.3) is 0 Å². The summed E-state index contributed by atoms with van der Waals surface area (Å²) < 4.78 is 11.4. The molecule has 3 fully saturated rings. The molecular weight excluding hydrogens is 898 g/mol. The highest BCUT2D eigenvalue weighted by Crippen LogP contribution is 2.19. The van der Waals surface area contributed by atoms with Crippen molar-refractivity contribution in [2.45, 2.75) is 72.1 Å². The molecule has 5 N–H and O–H groups in total. The number of halogens is 1. The second kappa shape index (κ2) is 31.0. The number of carbonyl (C=O) groups is 3. The molecule has 0 aliphatic carbocycles. The second-order valence-electron chi connectivity index (χ2n) is 17.4. The highest BCUT2D eigenvalue weighted by atomic mass is 79.9. The van der Waals surface area contributed by atoms with Gasteiger partial charge in [-0.3, -0.25) is 34.2 Å². The van der Waals surface area contributed by atoms with Gasteiger partial charge in [-0.2, -0.15) is 0 Å². The van der Waals surface area contributed by atoms with Crippen LogP contribution in [0.2, 0.25) is 0 Å². The van der Waals surface area contributed by atoms with Gasteiger partial charge in [0.05, 0.1) is 67.6 Å². The van der Waals surface area contributed by atoms with Crippen LogP contribution in [-0.2, 0) is 50.0 Å². The average Bonchev–Trinajstić information content (AvgIpc) is 3.33. The number of aromatic nitrogens is 2. The number of amides is 3. The van der Waals surface area contributed by atoms with Crippen LogP contribution >= 0.6 is 15.9 Å². The molecule has 2 aromatic rings. The molecule has 0 unspecified atom stereocenters. The standard InChI is InChI=1S/C27H43N5O5.C11H17N3O.C8H14BrNO2.CH4/c33-20-22-4-8-31(9-5-22)26(35)18-29-12-14-37-15-13-30(17-25-3-1-2-24(16-29)28-25)19-27(36)32-10-6-23(21-34)7-11-32;1-2-10-8-12-4-6-15-7-5-13-9-11(3-1)14-10;9-5-8(12)10-3-1-7(6-11)2-4-10;/h1-3,22-23,33-34H,4-21H2;1-3,12-13H,4-9H2;7,11H,1-6H2;1H4. The first-order valence-corrected chi connectivity index (χ1v) is 24.5. The first-order chi connectivity index (χ1) is 31.3. The Morgan fingerprint density at radius 2 is 0.908 bits per heavy atom. The summed E-state index contributed by atoms with van der Waals surface area (Å²) in [5, 5.41) is 34.6. The predicted octanol–water partition coefficient (Wildman–Crippen LogP) is 1.72. The minimum atomic E-state index is 0. The molecule has 7 rings (SSSR count). The molecule has 7 heterocycles. The van der Waals surface area contributed by atoms with Gasteiger partial charge in [-0.25, -0.2) is 0 Å². The van der Waals surface area contributed by atoms with Gasteiger partial charge in [0.2, 0.25) is 17.7 Å². The molecule has 0 spiro atoms. The van der Waals surface area contributed by atoms with E-state index in [0.29, 0.717) is 102 Å². The summed E-state index contributed by atoms with van der Waals surface area (Å²) in [5.41, 5.74) is 3.99. The number of nitrogens with zero attached hydrogens (tertiary/aromatic N) is 7. The molecule has 366 valence electrons. The Kier molecular flexibility index (Phi) is 25.9. The van der Waals surface area contributed by atoms with Crippen LogP contribution in [0.15, 0.2) is 36.4 Å². The van der Waals surface area contributed by atoms with Gasteiger partial charge < -0.3 is 50.1 Å².